The molecular weight excluding hydrogens is 376 g/mol. The van der Waals surface area contributed by atoms with Gasteiger partial charge in [-0.05, 0) is 48.7 Å². The quantitative estimate of drug-likeness (QED) is 0.355. The van der Waals surface area contributed by atoms with Crippen LogP contribution in [0.2, 0.25) is 0 Å². The number of hydrogen-bond donors (Lipinski definition) is 2. The van der Waals surface area contributed by atoms with Crippen LogP contribution in [-0.2, 0) is 13.1 Å². The number of benzene rings is 2. The van der Waals surface area contributed by atoms with Crippen LogP contribution in [-0.4, -0.2) is 44.0 Å². The summed E-state index contributed by atoms with van der Waals surface area (Å²) in [7, 11) is 3.51. The molecule has 0 bridgehead atoms. The van der Waals surface area contributed by atoms with Gasteiger partial charge < -0.3 is 20.3 Å². The molecule has 30 heavy (non-hydrogen) atoms. The summed E-state index contributed by atoms with van der Waals surface area (Å²) in [5, 5.41) is 6.62. The number of carbonyl (C=O) groups excluding carboxylic acids is 1. The standard InChI is InChI=1S/C24H34N4O2/c1-5-7-15-30-22-10-8-9-20(16-22)18-27-24(25-6-2)26-17-19-11-13-21(14-12-19)23(29)28(3)4/h8-14,16H,5-7,15,17-18H2,1-4H3,(H2,25,26,27). The molecule has 0 aliphatic carbocycles. The van der Waals surface area contributed by atoms with Crippen molar-refractivity contribution in [1.82, 2.24) is 15.5 Å². The number of unbranched alkanes of at least 4 members (excludes halogenated alkanes) is 1. The second-order valence-corrected chi connectivity index (χ2v) is 7.29. The van der Waals surface area contributed by atoms with Gasteiger partial charge in [0.15, 0.2) is 5.96 Å². The van der Waals surface area contributed by atoms with Crippen molar-refractivity contribution < 1.29 is 9.53 Å². The van der Waals surface area contributed by atoms with Crippen LogP contribution < -0.4 is 15.4 Å². The first-order valence-corrected chi connectivity index (χ1v) is 10.6. The van der Waals surface area contributed by atoms with Crippen LogP contribution in [0.25, 0.3) is 0 Å². The van der Waals surface area contributed by atoms with Crippen LogP contribution in [0.15, 0.2) is 53.5 Å². The lowest BCUT2D eigenvalue weighted by Crippen LogP contribution is -2.36. The molecule has 2 rings (SSSR count). The smallest absolute Gasteiger partial charge is 0.253 e. The fourth-order valence-electron chi connectivity index (χ4n) is 2.79. The molecule has 1 amide bonds. The first-order valence-electron chi connectivity index (χ1n) is 10.6. The van der Waals surface area contributed by atoms with Gasteiger partial charge >= 0.3 is 0 Å². The zero-order chi connectivity index (χ0) is 21.8. The molecule has 2 aromatic rings. The number of hydrogen-bond acceptors (Lipinski definition) is 3. The van der Waals surface area contributed by atoms with Crippen molar-refractivity contribution in [3.8, 4) is 5.75 Å². The highest BCUT2D eigenvalue weighted by molar-refractivity contribution is 5.93. The van der Waals surface area contributed by atoms with E-state index in [0.717, 1.165) is 48.8 Å². The van der Waals surface area contributed by atoms with Gasteiger partial charge in [0.1, 0.15) is 5.75 Å². The van der Waals surface area contributed by atoms with Crippen molar-refractivity contribution in [2.24, 2.45) is 4.99 Å². The van der Waals surface area contributed by atoms with Gasteiger partial charge in [0, 0.05) is 32.7 Å². The molecule has 0 aromatic heterocycles. The van der Waals surface area contributed by atoms with Gasteiger partial charge in [0.05, 0.1) is 13.2 Å². The average molecular weight is 411 g/mol. The summed E-state index contributed by atoms with van der Waals surface area (Å²) in [4.78, 5) is 18.3. The maximum atomic E-state index is 12.0. The number of ether oxygens (including phenoxy) is 1. The van der Waals surface area contributed by atoms with Crippen molar-refractivity contribution in [2.75, 3.05) is 27.2 Å². The first kappa shape index (κ1) is 23.3. The van der Waals surface area contributed by atoms with E-state index in [0.29, 0.717) is 18.7 Å². The van der Waals surface area contributed by atoms with E-state index in [-0.39, 0.29) is 5.91 Å². The molecular formula is C24H34N4O2. The molecule has 6 nitrogen and oxygen atoms in total. The molecule has 0 saturated heterocycles. The Labute approximate surface area is 180 Å². The molecule has 6 heteroatoms. The van der Waals surface area contributed by atoms with Crippen molar-refractivity contribution in [2.45, 2.75) is 39.8 Å². The zero-order valence-corrected chi connectivity index (χ0v) is 18.6. The Bertz CT molecular complexity index is 816. The molecule has 2 N–H and O–H groups in total. The van der Waals surface area contributed by atoms with Gasteiger partial charge in [-0.3, -0.25) is 4.79 Å². The van der Waals surface area contributed by atoms with E-state index >= 15 is 0 Å². The normalized spacial score (nSPS) is 11.1. The summed E-state index contributed by atoms with van der Waals surface area (Å²) < 4.78 is 5.78. The van der Waals surface area contributed by atoms with Gasteiger partial charge in [-0.1, -0.05) is 37.6 Å². The molecule has 0 saturated carbocycles. The van der Waals surface area contributed by atoms with E-state index < -0.39 is 0 Å². The SMILES string of the molecule is CCCCOc1cccc(CN=C(NCC)NCc2ccc(C(=O)N(C)C)cc2)c1. The predicted molar refractivity (Wildman–Crippen MR) is 123 cm³/mol. The topological polar surface area (TPSA) is 66.0 Å². The maximum Gasteiger partial charge on any atom is 0.253 e. The largest absolute Gasteiger partial charge is 0.494 e. The van der Waals surface area contributed by atoms with Crippen LogP contribution in [0.3, 0.4) is 0 Å². The van der Waals surface area contributed by atoms with E-state index in [1.54, 1.807) is 19.0 Å². The Morgan fingerprint density at radius 3 is 2.47 bits per heavy atom. The molecule has 0 unspecified atom stereocenters. The molecule has 0 aliphatic rings. The van der Waals surface area contributed by atoms with Crippen LogP contribution in [0.1, 0.15) is 48.2 Å². The highest BCUT2D eigenvalue weighted by atomic mass is 16.5. The Hall–Kier alpha value is -3.02. The number of carbonyl (C=O) groups is 1. The summed E-state index contributed by atoms with van der Waals surface area (Å²) in [5.74, 6) is 1.65. The highest BCUT2D eigenvalue weighted by Gasteiger charge is 2.07. The van der Waals surface area contributed by atoms with Crippen LogP contribution in [0.4, 0.5) is 0 Å². The summed E-state index contributed by atoms with van der Waals surface area (Å²) >= 11 is 0. The van der Waals surface area contributed by atoms with Crippen molar-refractivity contribution in [3.63, 3.8) is 0 Å². The lowest BCUT2D eigenvalue weighted by atomic mass is 10.1. The average Bonchev–Trinajstić information content (AvgIpc) is 2.76. The molecule has 2 aromatic carbocycles. The van der Waals surface area contributed by atoms with Crippen LogP contribution >= 0.6 is 0 Å². The van der Waals surface area contributed by atoms with Crippen molar-refractivity contribution in [3.05, 3.63) is 65.2 Å². The van der Waals surface area contributed by atoms with Gasteiger partial charge in [-0.25, -0.2) is 4.99 Å². The van der Waals surface area contributed by atoms with E-state index in [9.17, 15) is 4.79 Å². The zero-order valence-electron chi connectivity index (χ0n) is 18.6. The Balaban J connectivity index is 1.94. The summed E-state index contributed by atoms with van der Waals surface area (Å²) in [6, 6.07) is 15.7. The minimum atomic E-state index is 0.00492. The van der Waals surface area contributed by atoms with E-state index in [4.69, 9.17) is 4.74 Å². The second-order valence-electron chi connectivity index (χ2n) is 7.29. The van der Waals surface area contributed by atoms with E-state index in [2.05, 4.69) is 28.6 Å². The minimum Gasteiger partial charge on any atom is -0.494 e. The molecule has 162 valence electrons. The van der Waals surface area contributed by atoms with Gasteiger partial charge in [-0.2, -0.15) is 0 Å². The van der Waals surface area contributed by atoms with Crippen molar-refractivity contribution in [1.29, 1.82) is 0 Å². The van der Waals surface area contributed by atoms with E-state index in [1.807, 2.05) is 49.4 Å². The molecule has 0 atom stereocenters. The van der Waals surface area contributed by atoms with Gasteiger partial charge in [0.25, 0.3) is 5.91 Å². The molecule has 0 aliphatic heterocycles. The van der Waals surface area contributed by atoms with Crippen molar-refractivity contribution >= 4 is 11.9 Å². The number of amides is 1. The fourth-order valence-corrected chi connectivity index (χ4v) is 2.79. The van der Waals surface area contributed by atoms with Crippen LogP contribution in [0.5, 0.6) is 5.75 Å². The minimum absolute atomic E-state index is 0.00492. The predicted octanol–water partition coefficient (Wildman–Crippen LogP) is 3.82. The Morgan fingerprint density at radius 1 is 1.03 bits per heavy atom. The third-order valence-electron chi connectivity index (χ3n) is 4.50. The lowest BCUT2D eigenvalue weighted by Gasteiger charge is -2.13. The lowest BCUT2D eigenvalue weighted by molar-refractivity contribution is 0.0827. The second kappa shape index (κ2) is 12.5. The number of nitrogens with one attached hydrogen (secondary N) is 2. The Morgan fingerprint density at radius 2 is 1.80 bits per heavy atom. The Kier molecular flexibility index (Phi) is 9.71. The maximum absolute atomic E-state index is 12.0. The summed E-state index contributed by atoms with van der Waals surface area (Å²) in [6.45, 7) is 6.91. The number of nitrogens with zero attached hydrogens (tertiary/aromatic N) is 2. The number of guanidine groups is 1. The first-order chi connectivity index (χ1) is 14.5. The highest BCUT2D eigenvalue weighted by Crippen LogP contribution is 2.14. The molecule has 0 fully saturated rings. The van der Waals surface area contributed by atoms with Gasteiger partial charge in [-0.15, -0.1) is 0 Å². The van der Waals surface area contributed by atoms with E-state index in [1.165, 1.54) is 0 Å². The summed E-state index contributed by atoms with van der Waals surface area (Å²) in [6.07, 6.45) is 2.18. The summed E-state index contributed by atoms with van der Waals surface area (Å²) in [5.41, 5.74) is 2.88. The molecule has 0 heterocycles. The van der Waals surface area contributed by atoms with Gasteiger partial charge in [0.2, 0.25) is 0 Å². The molecule has 0 spiro atoms. The fraction of sp³-hybridized carbons (Fsp3) is 0.417. The third-order valence-corrected chi connectivity index (χ3v) is 4.50. The van der Waals surface area contributed by atoms with Crippen LogP contribution in [0, 0.1) is 0 Å². The number of aliphatic imine (C=N–C) groups is 1. The molecule has 0 radical (unpaired) electrons. The monoisotopic (exact) mass is 410 g/mol. The third kappa shape index (κ3) is 7.78. The number of rotatable bonds is 10.